The number of amides is 1. The maximum atomic E-state index is 12.7. The van der Waals surface area contributed by atoms with Crippen LogP contribution in [0.5, 0.6) is 11.6 Å². The van der Waals surface area contributed by atoms with E-state index < -0.39 is 0 Å². The number of ether oxygens (including phenoxy) is 1. The number of thioether (sulfide) groups is 1. The standard InChI is InChI=1S/C28H25N3O2S/c1-17-8-11-20(12-9-17)26-30-27-22(15-21-14-18(2)10-13-24(21)33-27)28(31-26)34-16-25(32)29-23-7-5-4-6-19(23)3/h4-14H,15-16H2,1-3H3,(H,29,32). The lowest BCUT2D eigenvalue weighted by Crippen LogP contribution is -2.16. The third kappa shape index (κ3) is 4.68. The van der Waals surface area contributed by atoms with Crippen molar-refractivity contribution in [2.75, 3.05) is 11.1 Å². The van der Waals surface area contributed by atoms with Crippen LogP contribution >= 0.6 is 11.8 Å². The van der Waals surface area contributed by atoms with Crippen LogP contribution in [0.25, 0.3) is 11.4 Å². The molecule has 0 unspecified atom stereocenters. The molecule has 1 aromatic heterocycles. The van der Waals surface area contributed by atoms with E-state index in [1.807, 2.05) is 74.5 Å². The average molecular weight is 468 g/mol. The number of aryl methyl sites for hydroxylation is 3. The predicted molar refractivity (Wildman–Crippen MR) is 137 cm³/mol. The second-order valence-electron chi connectivity index (χ2n) is 8.54. The summed E-state index contributed by atoms with van der Waals surface area (Å²) in [6, 6.07) is 22.0. The highest BCUT2D eigenvalue weighted by atomic mass is 32.2. The average Bonchev–Trinajstić information content (AvgIpc) is 2.83. The van der Waals surface area contributed by atoms with Gasteiger partial charge in [0, 0.05) is 17.7 Å². The van der Waals surface area contributed by atoms with Gasteiger partial charge in [0.05, 0.1) is 11.3 Å². The maximum Gasteiger partial charge on any atom is 0.234 e. The zero-order valence-electron chi connectivity index (χ0n) is 19.4. The van der Waals surface area contributed by atoms with Gasteiger partial charge in [-0.15, -0.1) is 0 Å². The minimum Gasteiger partial charge on any atom is -0.438 e. The molecule has 0 saturated carbocycles. The first kappa shape index (κ1) is 22.2. The van der Waals surface area contributed by atoms with Gasteiger partial charge in [0.15, 0.2) is 5.82 Å². The quantitative estimate of drug-likeness (QED) is 0.236. The first-order chi connectivity index (χ1) is 16.5. The third-order valence-electron chi connectivity index (χ3n) is 5.79. The van der Waals surface area contributed by atoms with Crippen LogP contribution in [-0.4, -0.2) is 21.6 Å². The Morgan fingerprint density at radius 2 is 1.74 bits per heavy atom. The second-order valence-corrected chi connectivity index (χ2v) is 9.51. The van der Waals surface area contributed by atoms with Gasteiger partial charge in [-0.3, -0.25) is 4.79 Å². The molecule has 3 aromatic carbocycles. The SMILES string of the molecule is Cc1ccc(-c2nc3c(c(SCC(=O)Nc4ccccc4C)n2)Cc2cc(C)ccc2O3)cc1. The number of nitrogens with zero attached hydrogens (tertiary/aromatic N) is 2. The number of para-hydroxylation sites is 1. The summed E-state index contributed by atoms with van der Waals surface area (Å²) in [7, 11) is 0. The van der Waals surface area contributed by atoms with Crippen molar-refractivity contribution in [1.29, 1.82) is 0 Å². The Bertz CT molecular complexity index is 1380. The van der Waals surface area contributed by atoms with Crippen LogP contribution in [0.3, 0.4) is 0 Å². The summed E-state index contributed by atoms with van der Waals surface area (Å²) >= 11 is 1.42. The molecule has 0 fully saturated rings. The van der Waals surface area contributed by atoms with Gasteiger partial charge in [-0.25, -0.2) is 4.98 Å². The molecule has 2 heterocycles. The van der Waals surface area contributed by atoms with E-state index in [2.05, 4.69) is 18.3 Å². The van der Waals surface area contributed by atoms with E-state index in [1.165, 1.54) is 22.9 Å². The number of nitrogens with one attached hydrogen (secondary N) is 1. The first-order valence-corrected chi connectivity index (χ1v) is 12.2. The summed E-state index contributed by atoms with van der Waals surface area (Å²) < 4.78 is 6.21. The molecule has 1 aliphatic heterocycles. The Hall–Kier alpha value is -3.64. The van der Waals surface area contributed by atoms with Crippen molar-refractivity contribution in [3.63, 3.8) is 0 Å². The fourth-order valence-corrected chi connectivity index (χ4v) is 4.73. The van der Waals surface area contributed by atoms with Gasteiger partial charge in [0.1, 0.15) is 10.8 Å². The van der Waals surface area contributed by atoms with Crippen LogP contribution in [0.2, 0.25) is 0 Å². The molecular formula is C28H25N3O2S. The number of carbonyl (C=O) groups is 1. The van der Waals surface area contributed by atoms with Gasteiger partial charge in [-0.2, -0.15) is 4.98 Å². The predicted octanol–water partition coefficient (Wildman–Crippen LogP) is 6.50. The van der Waals surface area contributed by atoms with E-state index in [0.717, 1.165) is 38.7 Å². The van der Waals surface area contributed by atoms with Crippen molar-refractivity contribution in [1.82, 2.24) is 9.97 Å². The zero-order valence-corrected chi connectivity index (χ0v) is 20.2. The lowest BCUT2D eigenvalue weighted by molar-refractivity contribution is -0.113. The summed E-state index contributed by atoms with van der Waals surface area (Å²) in [5, 5.41) is 3.77. The molecule has 34 heavy (non-hydrogen) atoms. The lowest BCUT2D eigenvalue weighted by Gasteiger charge is -2.22. The number of anilines is 1. The molecule has 5 nitrogen and oxygen atoms in total. The fraction of sp³-hybridized carbons (Fsp3) is 0.179. The van der Waals surface area contributed by atoms with E-state index >= 15 is 0 Å². The minimum atomic E-state index is -0.0727. The molecule has 5 rings (SSSR count). The molecule has 6 heteroatoms. The molecule has 0 atom stereocenters. The van der Waals surface area contributed by atoms with Gasteiger partial charge in [0.2, 0.25) is 11.8 Å². The van der Waals surface area contributed by atoms with Gasteiger partial charge in [-0.1, -0.05) is 77.5 Å². The third-order valence-corrected chi connectivity index (χ3v) is 6.81. The van der Waals surface area contributed by atoms with Crippen molar-refractivity contribution in [3.8, 4) is 23.0 Å². The Morgan fingerprint density at radius 1 is 0.971 bits per heavy atom. The van der Waals surface area contributed by atoms with Crippen molar-refractivity contribution in [2.45, 2.75) is 32.2 Å². The molecule has 4 aromatic rings. The van der Waals surface area contributed by atoms with Crippen molar-refractivity contribution >= 4 is 23.4 Å². The van der Waals surface area contributed by atoms with E-state index in [-0.39, 0.29) is 11.7 Å². The monoisotopic (exact) mass is 467 g/mol. The molecule has 1 amide bonds. The van der Waals surface area contributed by atoms with Crippen LogP contribution in [0.15, 0.2) is 71.8 Å². The molecule has 0 radical (unpaired) electrons. The molecule has 1 aliphatic rings. The molecule has 170 valence electrons. The van der Waals surface area contributed by atoms with Crippen LogP contribution in [0.1, 0.15) is 27.8 Å². The second kappa shape index (κ2) is 9.31. The molecule has 0 saturated heterocycles. The Labute approximate surface area is 203 Å². The Balaban J connectivity index is 1.46. The minimum absolute atomic E-state index is 0.0727. The van der Waals surface area contributed by atoms with E-state index in [1.54, 1.807) is 0 Å². The smallest absolute Gasteiger partial charge is 0.234 e. The molecule has 1 N–H and O–H groups in total. The topological polar surface area (TPSA) is 64.1 Å². The van der Waals surface area contributed by atoms with E-state index in [4.69, 9.17) is 14.7 Å². The van der Waals surface area contributed by atoms with Gasteiger partial charge in [-0.05, 0) is 44.0 Å². The number of carbonyl (C=O) groups excluding carboxylic acids is 1. The summed E-state index contributed by atoms with van der Waals surface area (Å²) in [4.78, 5) is 22.4. The summed E-state index contributed by atoms with van der Waals surface area (Å²) in [6.45, 7) is 6.10. The number of aromatic nitrogens is 2. The normalized spacial score (nSPS) is 11.9. The number of fused-ring (bicyclic) bond motifs is 2. The van der Waals surface area contributed by atoms with Gasteiger partial charge < -0.3 is 10.1 Å². The van der Waals surface area contributed by atoms with Crippen molar-refractivity contribution < 1.29 is 9.53 Å². The van der Waals surface area contributed by atoms with E-state index in [0.29, 0.717) is 18.1 Å². The highest BCUT2D eigenvalue weighted by Crippen LogP contribution is 2.40. The first-order valence-electron chi connectivity index (χ1n) is 11.2. The molecule has 0 bridgehead atoms. The van der Waals surface area contributed by atoms with Crippen molar-refractivity contribution in [2.24, 2.45) is 0 Å². The van der Waals surface area contributed by atoms with E-state index in [9.17, 15) is 4.79 Å². The largest absolute Gasteiger partial charge is 0.438 e. The Kier molecular flexibility index (Phi) is 6.07. The molecule has 0 spiro atoms. The maximum absolute atomic E-state index is 12.7. The van der Waals surface area contributed by atoms with Crippen LogP contribution in [0, 0.1) is 20.8 Å². The van der Waals surface area contributed by atoms with Gasteiger partial charge in [0.25, 0.3) is 0 Å². The highest BCUT2D eigenvalue weighted by molar-refractivity contribution is 8.00. The summed E-state index contributed by atoms with van der Waals surface area (Å²) in [6.07, 6.45) is 0.669. The van der Waals surface area contributed by atoms with Crippen LogP contribution < -0.4 is 10.1 Å². The fourth-order valence-electron chi connectivity index (χ4n) is 3.90. The van der Waals surface area contributed by atoms with Crippen LogP contribution in [-0.2, 0) is 11.2 Å². The number of hydrogen-bond donors (Lipinski definition) is 1. The molecular weight excluding hydrogens is 442 g/mol. The number of benzene rings is 3. The summed E-state index contributed by atoms with van der Waals surface area (Å²) in [5.74, 6) is 2.14. The lowest BCUT2D eigenvalue weighted by atomic mass is 10.0. The van der Waals surface area contributed by atoms with Crippen molar-refractivity contribution in [3.05, 3.63) is 94.5 Å². The Morgan fingerprint density at radius 3 is 2.53 bits per heavy atom. The molecule has 0 aliphatic carbocycles. The highest BCUT2D eigenvalue weighted by Gasteiger charge is 2.25. The zero-order chi connectivity index (χ0) is 23.7. The summed E-state index contributed by atoms with van der Waals surface area (Å²) in [5.41, 5.74) is 7.14. The van der Waals surface area contributed by atoms with Gasteiger partial charge >= 0.3 is 0 Å². The number of rotatable bonds is 5. The van der Waals surface area contributed by atoms with Crippen LogP contribution in [0.4, 0.5) is 5.69 Å². The number of hydrogen-bond acceptors (Lipinski definition) is 5.